The molecule has 0 aromatic carbocycles. The summed E-state index contributed by atoms with van der Waals surface area (Å²) >= 11 is 1.60. The maximum atomic E-state index is 12.9. The van der Waals surface area contributed by atoms with E-state index in [0.717, 1.165) is 37.4 Å². The molecule has 3 heterocycles. The minimum Gasteiger partial charge on any atom is -0.332 e. The molecule has 0 bridgehead atoms. The normalized spacial score (nSPS) is 18.6. The highest BCUT2D eigenvalue weighted by Crippen LogP contribution is 2.22. The van der Waals surface area contributed by atoms with Gasteiger partial charge in [-0.05, 0) is 31.2 Å². The lowest BCUT2D eigenvalue weighted by Gasteiger charge is -2.35. The van der Waals surface area contributed by atoms with Crippen molar-refractivity contribution in [3.8, 4) is 0 Å². The van der Waals surface area contributed by atoms with Gasteiger partial charge in [0.1, 0.15) is 5.69 Å². The number of carbonyl (C=O) groups excluding carboxylic acids is 1. The van der Waals surface area contributed by atoms with Gasteiger partial charge in [0.15, 0.2) is 0 Å². The van der Waals surface area contributed by atoms with Crippen LogP contribution in [0.2, 0.25) is 0 Å². The summed E-state index contributed by atoms with van der Waals surface area (Å²) in [5.74, 6) is 0.639. The van der Waals surface area contributed by atoms with E-state index in [2.05, 4.69) is 23.9 Å². The van der Waals surface area contributed by atoms with Crippen molar-refractivity contribution in [2.75, 3.05) is 6.54 Å². The summed E-state index contributed by atoms with van der Waals surface area (Å²) in [6.45, 7) is 5.94. The van der Waals surface area contributed by atoms with Gasteiger partial charge in [0.05, 0.1) is 17.6 Å². The van der Waals surface area contributed by atoms with E-state index in [1.807, 2.05) is 27.2 Å². The van der Waals surface area contributed by atoms with Crippen LogP contribution in [0.3, 0.4) is 0 Å². The van der Waals surface area contributed by atoms with E-state index in [-0.39, 0.29) is 11.9 Å². The molecule has 0 saturated carbocycles. The number of amides is 1. The van der Waals surface area contributed by atoms with E-state index >= 15 is 0 Å². The van der Waals surface area contributed by atoms with Gasteiger partial charge in [-0.2, -0.15) is 5.10 Å². The van der Waals surface area contributed by atoms with Crippen LogP contribution in [0.1, 0.15) is 48.6 Å². The van der Waals surface area contributed by atoms with Gasteiger partial charge in [0, 0.05) is 30.7 Å². The monoisotopic (exact) mass is 332 g/mol. The van der Waals surface area contributed by atoms with Crippen LogP contribution < -0.4 is 0 Å². The van der Waals surface area contributed by atoms with Crippen LogP contribution in [0.5, 0.6) is 0 Å². The van der Waals surface area contributed by atoms with Gasteiger partial charge in [-0.25, -0.2) is 4.98 Å². The number of nitrogens with zero attached hydrogens (tertiary/aromatic N) is 4. The van der Waals surface area contributed by atoms with Crippen LogP contribution in [0.4, 0.5) is 0 Å². The van der Waals surface area contributed by atoms with Crippen LogP contribution in [0.15, 0.2) is 23.8 Å². The second kappa shape index (κ2) is 7.25. The van der Waals surface area contributed by atoms with Crippen molar-refractivity contribution in [2.24, 2.45) is 5.92 Å². The van der Waals surface area contributed by atoms with Crippen LogP contribution in [-0.2, 0) is 13.0 Å². The molecular formula is C17H24N4OS. The highest BCUT2D eigenvalue weighted by molar-refractivity contribution is 7.09. The molecule has 1 fully saturated rings. The van der Waals surface area contributed by atoms with Crippen LogP contribution in [0.25, 0.3) is 0 Å². The van der Waals surface area contributed by atoms with Crippen molar-refractivity contribution in [3.05, 3.63) is 34.5 Å². The molecule has 2 aromatic heterocycles. The standard InChI is InChI=1S/C17H24N4OS/c1-13(2)10-16-19-15(12-23-16)17(22)21-9-4-3-6-14(21)11-20-8-5-7-18-20/h5,7-8,12-14H,3-4,6,9-11H2,1-2H3/t14-/m0/s1. The van der Waals surface area contributed by atoms with Crippen molar-refractivity contribution < 1.29 is 4.79 Å². The lowest BCUT2D eigenvalue weighted by atomic mass is 10.0. The van der Waals surface area contributed by atoms with Crippen molar-refractivity contribution in [3.63, 3.8) is 0 Å². The molecule has 1 saturated heterocycles. The average molecular weight is 332 g/mol. The van der Waals surface area contributed by atoms with Gasteiger partial charge in [0.2, 0.25) is 0 Å². The average Bonchev–Trinajstić information content (AvgIpc) is 3.18. The Labute approximate surface area is 141 Å². The molecule has 6 heteroatoms. The molecule has 3 rings (SSSR count). The Bertz CT molecular complexity index is 635. The Morgan fingerprint density at radius 3 is 3.04 bits per heavy atom. The number of carbonyl (C=O) groups is 1. The molecule has 0 radical (unpaired) electrons. The molecule has 0 unspecified atom stereocenters. The summed E-state index contributed by atoms with van der Waals surface area (Å²) < 4.78 is 1.92. The molecule has 1 aliphatic rings. The van der Waals surface area contributed by atoms with Crippen molar-refractivity contribution in [2.45, 2.75) is 52.1 Å². The fourth-order valence-corrected chi connectivity index (χ4v) is 4.06. The summed E-state index contributed by atoms with van der Waals surface area (Å²) in [5, 5.41) is 7.25. The number of hydrogen-bond donors (Lipinski definition) is 0. The zero-order valence-corrected chi connectivity index (χ0v) is 14.6. The summed E-state index contributed by atoms with van der Waals surface area (Å²) in [6, 6.07) is 2.14. The first-order chi connectivity index (χ1) is 11.1. The molecule has 1 aliphatic heterocycles. The number of likely N-dealkylation sites (tertiary alicyclic amines) is 1. The minimum absolute atomic E-state index is 0.0770. The fourth-order valence-electron chi connectivity index (χ4n) is 3.08. The van der Waals surface area contributed by atoms with Gasteiger partial charge in [0.25, 0.3) is 5.91 Å². The second-order valence-corrected chi connectivity index (χ2v) is 7.54. The summed E-state index contributed by atoms with van der Waals surface area (Å²) in [5.41, 5.74) is 0.609. The quantitative estimate of drug-likeness (QED) is 0.844. The number of aromatic nitrogens is 3. The minimum atomic E-state index is 0.0770. The van der Waals surface area contributed by atoms with E-state index in [0.29, 0.717) is 11.6 Å². The Balaban J connectivity index is 1.71. The van der Waals surface area contributed by atoms with Gasteiger partial charge in [-0.3, -0.25) is 9.48 Å². The van der Waals surface area contributed by atoms with Crippen LogP contribution in [-0.4, -0.2) is 38.2 Å². The van der Waals surface area contributed by atoms with Crippen molar-refractivity contribution in [1.82, 2.24) is 19.7 Å². The van der Waals surface area contributed by atoms with E-state index in [4.69, 9.17) is 0 Å². The van der Waals surface area contributed by atoms with E-state index in [1.54, 1.807) is 17.5 Å². The molecule has 23 heavy (non-hydrogen) atoms. The Morgan fingerprint density at radius 1 is 1.43 bits per heavy atom. The third kappa shape index (κ3) is 3.99. The molecule has 1 atom stereocenters. The molecule has 1 amide bonds. The largest absolute Gasteiger partial charge is 0.332 e. The summed E-state index contributed by atoms with van der Waals surface area (Å²) in [7, 11) is 0. The molecule has 124 valence electrons. The lowest BCUT2D eigenvalue weighted by Crippen LogP contribution is -2.46. The van der Waals surface area contributed by atoms with Crippen LogP contribution in [0, 0.1) is 5.92 Å². The van der Waals surface area contributed by atoms with Gasteiger partial charge in [-0.15, -0.1) is 11.3 Å². The van der Waals surface area contributed by atoms with Gasteiger partial charge >= 0.3 is 0 Å². The molecule has 0 aliphatic carbocycles. The number of thiazole rings is 1. The molecule has 0 N–H and O–H groups in total. The predicted octanol–water partition coefficient (Wildman–Crippen LogP) is 3.23. The summed E-state index contributed by atoms with van der Waals surface area (Å²) in [6.07, 6.45) is 7.97. The molecule has 2 aromatic rings. The van der Waals surface area contributed by atoms with Gasteiger partial charge < -0.3 is 4.90 Å². The van der Waals surface area contributed by atoms with Gasteiger partial charge in [-0.1, -0.05) is 13.8 Å². The van der Waals surface area contributed by atoms with Crippen LogP contribution >= 0.6 is 11.3 Å². The Morgan fingerprint density at radius 2 is 2.30 bits per heavy atom. The topological polar surface area (TPSA) is 51.0 Å². The maximum Gasteiger partial charge on any atom is 0.273 e. The van der Waals surface area contributed by atoms with E-state index < -0.39 is 0 Å². The Kier molecular flexibility index (Phi) is 5.10. The third-order valence-corrected chi connectivity index (χ3v) is 5.07. The molecule has 5 nitrogen and oxygen atoms in total. The van der Waals surface area contributed by atoms with E-state index in [9.17, 15) is 4.79 Å². The summed E-state index contributed by atoms with van der Waals surface area (Å²) in [4.78, 5) is 19.4. The highest BCUT2D eigenvalue weighted by atomic mass is 32.1. The van der Waals surface area contributed by atoms with E-state index in [1.165, 1.54) is 6.42 Å². The number of rotatable bonds is 5. The zero-order valence-electron chi connectivity index (χ0n) is 13.8. The first-order valence-electron chi connectivity index (χ1n) is 8.36. The fraction of sp³-hybridized carbons (Fsp3) is 0.588. The van der Waals surface area contributed by atoms with Crippen molar-refractivity contribution in [1.29, 1.82) is 0 Å². The first kappa shape index (κ1) is 16.2. The second-order valence-electron chi connectivity index (χ2n) is 6.60. The lowest BCUT2D eigenvalue weighted by molar-refractivity contribution is 0.0578. The first-order valence-corrected chi connectivity index (χ1v) is 9.24. The smallest absolute Gasteiger partial charge is 0.273 e. The zero-order chi connectivity index (χ0) is 16.2. The Hall–Kier alpha value is -1.69. The predicted molar refractivity (Wildman–Crippen MR) is 91.6 cm³/mol. The number of piperidine rings is 1. The number of hydrogen-bond acceptors (Lipinski definition) is 4. The highest BCUT2D eigenvalue weighted by Gasteiger charge is 2.29. The maximum absolute atomic E-state index is 12.9. The van der Waals surface area contributed by atoms with Crippen molar-refractivity contribution >= 4 is 17.2 Å². The third-order valence-electron chi connectivity index (χ3n) is 4.20. The molecule has 0 spiro atoms. The molecular weight excluding hydrogens is 308 g/mol. The SMILES string of the molecule is CC(C)Cc1nc(C(=O)N2CCCC[C@H]2Cn2cccn2)cs1.